The number of methoxy groups -OCH3 is 1. The molecular weight excluding hydrogens is 256 g/mol. The molecule has 110 valence electrons. The lowest BCUT2D eigenvalue weighted by molar-refractivity contribution is 0.0521. The van der Waals surface area contributed by atoms with E-state index in [1.54, 1.807) is 25.3 Å². The van der Waals surface area contributed by atoms with E-state index in [9.17, 15) is 9.90 Å². The topological polar surface area (TPSA) is 75.8 Å². The summed E-state index contributed by atoms with van der Waals surface area (Å²) in [6.45, 7) is 3.15. The van der Waals surface area contributed by atoms with E-state index in [1.165, 1.54) is 0 Å². The number of rotatable bonds is 3. The van der Waals surface area contributed by atoms with Gasteiger partial charge in [-0.1, -0.05) is 0 Å². The van der Waals surface area contributed by atoms with Gasteiger partial charge in [0, 0.05) is 30.4 Å². The quantitative estimate of drug-likeness (QED) is 0.822. The number of aliphatic hydroxyl groups is 1. The van der Waals surface area contributed by atoms with Crippen LogP contribution >= 0.6 is 0 Å². The maximum atomic E-state index is 12.4. The number of anilines is 1. The number of carbonyl (C=O) groups excluding carboxylic acids is 1. The largest absolute Gasteiger partial charge is 0.497 e. The number of likely N-dealkylation sites (tertiary alicyclic amines) is 1. The number of hydrogen-bond acceptors (Lipinski definition) is 4. The molecule has 0 radical (unpaired) electrons. The fourth-order valence-electron chi connectivity index (χ4n) is 2.63. The van der Waals surface area contributed by atoms with Crippen LogP contribution in [0.4, 0.5) is 5.69 Å². The van der Waals surface area contributed by atoms with Gasteiger partial charge in [-0.3, -0.25) is 4.79 Å². The normalized spacial score (nSPS) is 17.9. The lowest BCUT2D eigenvalue weighted by atomic mass is 9.92. The molecule has 1 heterocycles. The summed E-state index contributed by atoms with van der Waals surface area (Å²) in [5.41, 5.74) is 6.85. The highest BCUT2D eigenvalue weighted by Gasteiger charge is 2.26. The van der Waals surface area contributed by atoms with Crippen LogP contribution in [0.15, 0.2) is 18.2 Å². The van der Waals surface area contributed by atoms with Crippen molar-refractivity contribution in [1.29, 1.82) is 0 Å². The van der Waals surface area contributed by atoms with Crippen LogP contribution in [0.2, 0.25) is 0 Å². The first-order valence-corrected chi connectivity index (χ1v) is 6.93. The van der Waals surface area contributed by atoms with Crippen molar-refractivity contribution in [3.05, 3.63) is 23.8 Å². The van der Waals surface area contributed by atoms with Crippen LogP contribution < -0.4 is 10.5 Å². The molecule has 1 unspecified atom stereocenters. The van der Waals surface area contributed by atoms with Crippen molar-refractivity contribution in [2.45, 2.75) is 25.9 Å². The van der Waals surface area contributed by atoms with Crippen molar-refractivity contribution in [3.8, 4) is 5.75 Å². The van der Waals surface area contributed by atoms with Gasteiger partial charge in [-0.15, -0.1) is 0 Å². The van der Waals surface area contributed by atoms with Crippen LogP contribution in [0.5, 0.6) is 5.75 Å². The molecule has 1 aliphatic heterocycles. The van der Waals surface area contributed by atoms with Crippen LogP contribution in [-0.4, -0.2) is 42.2 Å². The van der Waals surface area contributed by atoms with Gasteiger partial charge in [0.25, 0.3) is 5.91 Å². The van der Waals surface area contributed by atoms with Crippen LogP contribution in [0, 0.1) is 5.92 Å². The highest BCUT2D eigenvalue weighted by atomic mass is 16.5. The SMILES string of the molecule is COc1cc(N)cc(C(=O)N2CCC(C(C)O)CC2)c1. The lowest BCUT2D eigenvalue weighted by Gasteiger charge is -2.33. The summed E-state index contributed by atoms with van der Waals surface area (Å²) in [4.78, 5) is 14.3. The molecule has 5 heteroatoms. The predicted octanol–water partition coefficient (Wildman–Crippen LogP) is 1.51. The zero-order valence-electron chi connectivity index (χ0n) is 12.0. The standard InChI is InChI=1S/C15H22N2O3/c1-10(18)11-3-5-17(6-4-11)15(19)12-7-13(16)9-14(8-12)20-2/h7-11,18H,3-6,16H2,1-2H3. The first-order chi connectivity index (χ1) is 9.51. The van der Waals surface area contributed by atoms with E-state index < -0.39 is 0 Å². The van der Waals surface area contributed by atoms with Crippen molar-refractivity contribution in [3.63, 3.8) is 0 Å². The van der Waals surface area contributed by atoms with Crippen LogP contribution in [0.25, 0.3) is 0 Å². The number of nitrogens with zero attached hydrogens (tertiary/aromatic N) is 1. The number of ether oxygens (including phenoxy) is 1. The molecule has 1 amide bonds. The van der Waals surface area contributed by atoms with Crippen LogP contribution in [0.3, 0.4) is 0 Å². The molecule has 1 atom stereocenters. The molecule has 3 N–H and O–H groups in total. The number of carbonyl (C=O) groups is 1. The number of benzene rings is 1. The van der Waals surface area contributed by atoms with E-state index in [0.29, 0.717) is 30.1 Å². The van der Waals surface area contributed by atoms with Gasteiger partial charge in [0.05, 0.1) is 13.2 Å². The molecule has 0 aliphatic carbocycles. The molecule has 0 aromatic heterocycles. The Hall–Kier alpha value is -1.75. The molecule has 1 aliphatic rings. The maximum absolute atomic E-state index is 12.4. The minimum Gasteiger partial charge on any atom is -0.497 e. The van der Waals surface area contributed by atoms with Gasteiger partial charge in [-0.2, -0.15) is 0 Å². The summed E-state index contributed by atoms with van der Waals surface area (Å²) in [5.74, 6) is 0.848. The van der Waals surface area contributed by atoms with Crippen molar-refractivity contribution in [2.24, 2.45) is 5.92 Å². The van der Waals surface area contributed by atoms with E-state index >= 15 is 0 Å². The third-order valence-corrected chi connectivity index (χ3v) is 3.92. The van der Waals surface area contributed by atoms with Gasteiger partial charge in [-0.25, -0.2) is 0 Å². The summed E-state index contributed by atoms with van der Waals surface area (Å²) in [5, 5.41) is 9.59. The predicted molar refractivity (Wildman–Crippen MR) is 77.7 cm³/mol. The fraction of sp³-hybridized carbons (Fsp3) is 0.533. The minimum atomic E-state index is -0.306. The third-order valence-electron chi connectivity index (χ3n) is 3.92. The number of nitrogen functional groups attached to an aromatic ring is 1. The summed E-state index contributed by atoms with van der Waals surface area (Å²) in [6, 6.07) is 5.07. The number of amides is 1. The number of piperidine rings is 1. The van der Waals surface area contributed by atoms with Crippen molar-refractivity contribution >= 4 is 11.6 Å². The van der Waals surface area contributed by atoms with Gasteiger partial charge in [0.1, 0.15) is 5.75 Å². The summed E-state index contributed by atoms with van der Waals surface area (Å²) in [7, 11) is 1.55. The second-order valence-corrected chi connectivity index (χ2v) is 5.37. The zero-order chi connectivity index (χ0) is 14.7. The lowest BCUT2D eigenvalue weighted by Crippen LogP contribution is -2.40. The van der Waals surface area contributed by atoms with Crippen LogP contribution in [0.1, 0.15) is 30.1 Å². The highest BCUT2D eigenvalue weighted by Crippen LogP contribution is 2.24. The molecule has 2 rings (SSSR count). The average molecular weight is 278 g/mol. The van der Waals surface area contributed by atoms with Crippen LogP contribution in [-0.2, 0) is 0 Å². The Labute approximate surface area is 119 Å². The van der Waals surface area contributed by atoms with Gasteiger partial charge in [-0.05, 0) is 37.8 Å². The highest BCUT2D eigenvalue weighted by molar-refractivity contribution is 5.95. The number of nitrogens with two attached hydrogens (primary N) is 1. The first-order valence-electron chi connectivity index (χ1n) is 6.93. The molecule has 1 aromatic rings. The molecule has 5 nitrogen and oxygen atoms in total. The molecule has 1 saturated heterocycles. The Morgan fingerprint density at radius 1 is 1.40 bits per heavy atom. The van der Waals surface area contributed by atoms with Gasteiger partial charge < -0.3 is 20.5 Å². The fourth-order valence-corrected chi connectivity index (χ4v) is 2.63. The number of hydrogen-bond donors (Lipinski definition) is 2. The molecule has 20 heavy (non-hydrogen) atoms. The Morgan fingerprint density at radius 2 is 2.05 bits per heavy atom. The summed E-state index contributed by atoms with van der Waals surface area (Å²) in [6.07, 6.45) is 1.37. The minimum absolute atomic E-state index is 0.0281. The Morgan fingerprint density at radius 3 is 2.60 bits per heavy atom. The van der Waals surface area contributed by atoms with E-state index in [0.717, 1.165) is 12.8 Å². The van der Waals surface area contributed by atoms with E-state index in [-0.39, 0.29) is 17.9 Å². The smallest absolute Gasteiger partial charge is 0.254 e. The zero-order valence-corrected chi connectivity index (χ0v) is 12.0. The monoisotopic (exact) mass is 278 g/mol. The van der Waals surface area contributed by atoms with Gasteiger partial charge in [0.2, 0.25) is 0 Å². The van der Waals surface area contributed by atoms with Gasteiger partial charge >= 0.3 is 0 Å². The van der Waals surface area contributed by atoms with Crippen molar-refractivity contribution in [2.75, 3.05) is 25.9 Å². The Kier molecular flexibility index (Phi) is 4.49. The average Bonchev–Trinajstić information content (AvgIpc) is 2.45. The Balaban J connectivity index is 2.07. The molecule has 1 aromatic carbocycles. The number of aliphatic hydroxyl groups excluding tert-OH is 1. The molecule has 0 bridgehead atoms. The first kappa shape index (κ1) is 14.7. The van der Waals surface area contributed by atoms with Gasteiger partial charge in [0.15, 0.2) is 0 Å². The molecule has 0 saturated carbocycles. The molecule has 0 spiro atoms. The third kappa shape index (κ3) is 3.22. The van der Waals surface area contributed by atoms with Crippen molar-refractivity contribution in [1.82, 2.24) is 4.90 Å². The maximum Gasteiger partial charge on any atom is 0.254 e. The van der Waals surface area contributed by atoms with E-state index in [1.807, 2.05) is 11.8 Å². The van der Waals surface area contributed by atoms with E-state index in [2.05, 4.69) is 0 Å². The summed E-state index contributed by atoms with van der Waals surface area (Å²) >= 11 is 0. The summed E-state index contributed by atoms with van der Waals surface area (Å²) < 4.78 is 5.14. The van der Waals surface area contributed by atoms with Crippen molar-refractivity contribution < 1.29 is 14.6 Å². The second kappa shape index (κ2) is 6.13. The Bertz CT molecular complexity index is 480. The second-order valence-electron chi connectivity index (χ2n) is 5.37. The van der Waals surface area contributed by atoms with E-state index in [4.69, 9.17) is 10.5 Å². The molecular formula is C15H22N2O3. The molecule has 1 fully saturated rings.